The summed E-state index contributed by atoms with van der Waals surface area (Å²) in [5.41, 5.74) is 0. The molecule has 2 unspecified atom stereocenters. The summed E-state index contributed by atoms with van der Waals surface area (Å²) in [4.78, 5) is 2.92. The summed E-state index contributed by atoms with van der Waals surface area (Å²) >= 11 is 1.92. The molecule has 0 aromatic carbocycles. The number of methoxy groups -OCH3 is 1. The third kappa shape index (κ3) is 2.84. The van der Waals surface area contributed by atoms with E-state index in [2.05, 4.69) is 24.4 Å². The van der Waals surface area contributed by atoms with Gasteiger partial charge in [0.2, 0.25) is 0 Å². The van der Waals surface area contributed by atoms with Crippen molar-refractivity contribution in [1.82, 2.24) is 5.32 Å². The Morgan fingerprint density at radius 2 is 2.19 bits per heavy atom. The van der Waals surface area contributed by atoms with Crippen LogP contribution in [0.2, 0.25) is 0 Å². The molecular formula is C13H21NOS. The summed E-state index contributed by atoms with van der Waals surface area (Å²) in [6, 6.07) is 5.04. The van der Waals surface area contributed by atoms with Gasteiger partial charge in [-0.05, 0) is 37.8 Å². The molecule has 1 aromatic rings. The van der Waals surface area contributed by atoms with Crippen molar-refractivity contribution in [2.24, 2.45) is 0 Å². The van der Waals surface area contributed by atoms with Crippen molar-refractivity contribution in [2.45, 2.75) is 51.3 Å². The van der Waals surface area contributed by atoms with E-state index in [9.17, 15) is 0 Å². The van der Waals surface area contributed by atoms with E-state index in [1.165, 1.54) is 29.0 Å². The highest BCUT2D eigenvalue weighted by Crippen LogP contribution is 2.23. The molecule has 0 aliphatic heterocycles. The molecule has 1 saturated carbocycles. The third-order valence-corrected chi connectivity index (χ3v) is 4.59. The summed E-state index contributed by atoms with van der Waals surface area (Å²) in [5.74, 6) is 0. The Bertz CT molecular complexity index is 323. The number of aryl methyl sites for hydroxylation is 1. The molecule has 1 fully saturated rings. The van der Waals surface area contributed by atoms with Gasteiger partial charge < -0.3 is 10.1 Å². The Kier molecular flexibility index (Phi) is 4.38. The second-order valence-electron chi connectivity index (χ2n) is 4.41. The minimum Gasteiger partial charge on any atom is -0.380 e. The van der Waals surface area contributed by atoms with Crippen LogP contribution in [0, 0.1) is 0 Å². The highest BCUT2D eigenvalue weighted by Gasteiger charge is 2.26. The van der Waals surface area contributed by atoms with Crippen molar-refractivity contribution < 1.29 is 4.74 Å². The van der Waals surface area contributed by atoms with Crippen LogP contribution in [0.15, 0.2) is 12.1 Å². The Morgan fingerprint density at radius 1 is 1.38 bits per heavy atom. The normalized spacial score (nSPS) is 25.1. The minimum absolute atomic E-state index is 0.422. The van der Waals surface area contributed by atoms with Crippen LogP contribution < -0.4 is 5.32 Å². The van der Waals surface area contributed by atoms with Crippen LogP contribution in [0.5, 0.6) is 0 Å². The average molecular weight is 239 g/mol. The number of rotatable bonds is 5. The SMILES string of the molecule is CCc1ccc(CNC2CCCC2OC)s1. The number of ether oxygens (including phenoxy) is 1. The second kappa shape index (κ2) is 5.80. The molecule has 2 nitrogen and oxygen atoms in total. The van der Waals surface area contributed by atoms with E-state index in [0.717, 1.165) is 13.0 Å². The Balaban J connectivity index is 1.82. The first-order chi connectivity index (χ1) is 7.83. The van der Waals surface area contributed by atoms with Gasteiger partial charge in [0, 0.05) is 29.5 Å². The van der Waals surface area contributed by atoms with Crippen LogP contribution in [0.4, 0.5) is 0 Å². The lowest BCUT2D eigenvalue weighted by molar-refractivity contribution is 0.0848. The summed E-state index contributed by atoms with van der Waals surface area (Å²) in [6.45, 7) is 3.20. The molecule has 1 heterocycles. The van der Waals surface area contributed by atoms with Crippen molar-refractivity contribution in [3.8, 4) is 0 Å². The van der Waals surface area contributed by atoms with Crippen LogP contribution in [-0.2, 0) is 17.7 Å². The molecule has 2 atom stereocenters. The quantitative estimate of drug-likeness (QED) is 0.853. The molecule has 0 spiro atoms. The fourth-order valence-electron chi connectivity index (χ4n) is 2.38. The van der Waals surface area contributed by atoms with Gasteiger partial charge in [-0.2, -0.15) is 0 Å². The lowest BCUT2D eigenvalue weighted by atomic mass is 10.2. The lowest BCUT2D eigenvalue weighted by Gasteiger charge is -2.19. The smallest absolute Gasteiger partial charge is 0.0724 e. The van der Waals surface area contributed by atoms with Crippen LogP contribution in [-0.4, -0.2) is 19.3 Å². The van der Waals surface area contributed by atoms with Crippen molar-refractivity contribution in [1.29, 1.82) is 0 Å². The maximum atomic E-state index is 5.48. The number of hydrogen-bond acceptors (Lipinski definition) is 3. The van der Waals surface area contributed by atoms with E-state index in [1.54, 1.807) is 0 Å². The molecule has 1 aliphatic carbocycles. The van der Waals surface area contributed by atoms with Gasteiger partial charge in [0.1, 0.15) is 0 Å². The van der Waals surface area contributed by atoms with E-state index in [4.69, 9.17) is 4.74 Å². The van der Waals surface area contributed by atoms with Gasteiger partial charge in [-0.1, -0.05) is 6.92 Å². The van der Waals surface area contributed by atoms with Gasteiger partial charge in [-0.3, -0.25) is 0 Å². The fraction of sp³-hybridized carbons (Fsp3) is 0.692. The van der Waals surface area contributed by atoms with Gasteiger partial charge >= 0.3 is 0 Å². The molecule has 0 radical (unpaired) electrons. The third-order valence-electron chi connectivity index (χ3n) is 3.36. The zero-order valence-electron chi connectivity index (χ0n) is 10.2. The highest BCUT2D eigenvalue weighted by molar-refractivity contribution is 7.11. The molecule has 2 rings (SSSR count). The zero-order chi connectivity index (χ0) is 11.4. The lowest BCUT2D eigenvalue weighted by Crippen LogP contribution is -2.36. The number of thiophene rings is 1. The maximum absolute atomic E-state index is 5.48. The molecule has 16 heavy (non-hydrogen) atoms. The van der Waals surface area contributed by atoms with Gasteiger partial charge in [-0.25, -0.2) is 0 Å². The zero-order valence-corrected chi connectivity index (χ0v) is 11.0. The van der Waals surface area contributed by atoms with E-state index in [-0.39, 0.29) is 0 Å². The summed E-state index contributed by atoms with van der Waals surface area (Å²) in [5, 5.41) is 3.62. The van der Waals surface area contributed by atoms with Crippen LogP contribution in [0.1, 0.15) is 35.9 Å². The fourth-order valence-corrected chi connectivity index (χ4v) is 3.29. The van der Waals surface area contributed by atoms with Crippen molar-refractivity contribution >= 4 is 11.3 Å². The molecular weight excluding hydrogens is 218 g/mol. The first kappa shape index (κ1) is 12.1. The van der Waals surface area contributed by atoms with Crippen molar-refractivity contribution in [3.05, 3.63) is 21.9 Å². The van der Waals surface area contributed by atoms with Gasteiger partial charge in [0.05, 0.1) is 6.10 Å². The Hall–Kier alpha value is -0.380. The van der Waals surface area contributed by atoms with E-state index in [0.29, 0.717) is 12.1 Å². The van der Waals surface area contributed by atoms with E-state index in [1.807, 2.05) is 18.4 Å². The highest BCUT2D eigenvalue weighted by atomic mass is 32.1. The topological polar surface area (TPSA) is 21.3 Å². The molecule has 0 saturated heterocycles. The summed E-state index contributed by atoms with van der Waals surface area (Å²) in [6.07, 6.45) is 5.32. The molecule has 0 amide bonds. The molecule has 1 aliphatic rings. The summed E-state index contributed by atoms with van der Waals surface area (Å²) in [7, 11) is 1.82. The number of nitrogens with one attached hydrogen (secondary N) is 1. The average Bonchev–Trinajstić information content (AvgIpc) is 2.94. The monoisotopic (exact) mass is 239 g/mol. The van der Waals surface area contributed by atoms with Crippen LogP contribution in [0.3, 0.4) is 0 Å². The Labute approximate surface area is 102 Å². The molecule has 3 heteroatoms. The predicted octanol–water partition coefficient (Wildman–Crippen LogP) is 2.97. The minimum atomic E-state index is 0.422. The van der Waals surface area contributed by atoms with Gasteiger partial charge in [0.25, 0.3) is 0 Å². The standard InChI is InChI=1S/C13H21NOS/c1-3-10-7-8-11(16-10)9-14-12-5-4-6-13(12)15-2/h7-8,12-14H,3-6,9H2,1-2H3. The predicted molar refractivity (Wildman–Crippen MR) is 69.0 cm³/mol. The molecule has 1 N–H and O–H groups in total. The van der Waals surface area contributed by atoms with E-state index < -0.39 is 0 Å². The summed E-state index contributed by atoms with van der Waals surface area (Å²) < 4.78 is 5.48. The van der Waals surface area contributed by atoms with E-state index >= 15 is 0 Å². The largest absolute Gasteiger partial charge is 0.380 e. The van der Waals surface area contributed by atoms with Crippen LogP contribution in [0.25, 0.3) is 0 Å². The first-order valence-electron chi connectivity index (χ1n) is 6.17. The van der Waals surface area contributed by atoms with Crippen molar-refractivity contribution in [2.75, 3.05) is 7.11 Å². The second-order valence-corrected chi connectivity index (χ2v) is 5.67. The maximum Gasteiger partial charge on any atom is 0.0724 e. The van der Waals surface area contributed by atoms with Crippen molar-refractivity contribution in [3.63, 3.8) is 0 Å². The first-order valence-corrected chi connectivity index (χ1v) is 6.99. The molecule has 1 aromatic heterocycles. The van der Waals surface area contributed by atoms with Crippen LogP contribution >= 0.6 is 11.3 Å². The Morgan fingerprint density at radius 3 is 2.88 bits per heavy atom. The molecule has 90 valence electrons. The van der Waals surface area contributed by atoms with Gasteiger partial charge in [-0.15, -0.1) is 11.3 Å². The molecule has 0 bridgehead atoms. The van der Waals surface area contributed by atoms with Gasteiger partial charge in [0.15, 0.2) is 0 Å². The number of hydrogen-bond donors (Lipinski definition) is 1.